The predicted molar refractivity (Wildman–Crippen MR) is 82.7 cm³/mol. The minimum atomic E-state index is 0.261. The van der Waals surface area contributed by atoms with Gasteiger partial charge in [0.1, 0.15) is 0 Å². The van der Waals surface area contributed by atoms with Gasteiger partial charge in [0.05, 0.1) is 0 Å². The lowest BCUT2D eigenvalue weighted by molar-refractivity contribution is 0.225. The van der Waals surface area contributed by atoms with Gasteiger partial charge in [-0.15, -0.1) is 0 Å². The molecule has 1 aromatic carbocycles. The first-order valence-corrected chi connectivity index (χ1v) is 7.35. The van der Waals surface area contributed by atoms with E-state index in [9.17, 15) is 0 Å². The zero-order chi connectivity index (χ0) is 14.0. The van der Waals surface area contributed by atoms with Crippen molar-refractivity contribution in [1.29, 1.82) is 0 Å². The summed E-state index contributed by atoms with van der Waals surface area (Å²) in [5.74, 6) is 0. The third-order valence-electron chi connectivity index (χ3n) is 4.03. The van der Waals surface area contributed by atoms with Crippen molar-refractivity contribution in [3.05, 3.63) is 34.9 Å². The number of rotatable bonds is 3. The van der Waals surface area contributed by atoms with Crippen LogP contribution >= 0.6 is 0 Å². The number of hydrogen-bond acceptors (Lipinski definition) is 2. The molecule has 0 aliphatic carbocycles. The maximum Gasteiger partial charge on any atom is 0.0237 e. The topological polar surface area (TPSA) is 6.48 Å². The summed E-state index contributed by atoms with van der Waals surface area (Å²) in [7, 11) is 4.29. The second-order valence-corrected chi connectivity index (χ2v) is 7.06. The molecule has 0 unspecified atom stereocenters. The van der Waals surface area contributed by atoms with Crippen LogP contribution in [0.1, 0.15) is 37.5 Å². The van der Waals surface area contributed by atoms with Gasteiger partial charge < -0.3 is 4.90 Å². The van der Waals surface area contributed by atoms with Crippen LogP contribution in [0.15, 0.2) is 18.2 Å². The Bertz CT molecular complexity index is 429. The van der Waals surface area contributed by atoms with E-state index in [1.165, 1.54) is 30.6 Å². The van der Waals surface area contributed by atoms with E-state index in [0.717, 1.165) is 13.1 Å². The molecule has 2 heteroatoms. The highest BCUT2D eigenvalue weighted by Gasteiger charge is 2.19. The Balaban J connectivity index is 2.06. The smallest absolute Gasteiger partial charge is 0.0237 e. The molecule has 2 nitrogen and oxygen atoms in total. The van der Waals surface area contributed by atoms with E-state index in [-0.39, 0.29) is 5.41 Å². The van der Waals surface area contributed by atoms with Gasteiger partial charge in [0.2, 0.25) is 0 Å². The van der Waals surface area contributed by atoms with Crippen LogP contribution in [0.2, 0.25) is 0 Å². The lowest BCUT2D eigenvalue weighted by Gasteiger charge is -2.31. The van der Waals surface area contributed by atoms with Gasteiger partial charge in [-0.1, -0.05) is 39.0 Å². The number of hydrogen-bond donors (Lipinski definition) is 0. The van der Waals surface area contributed by atoms with Gasteiger partial charge in [-0.2, -0.15) is 0 Å². The lowest BCUT2D eigenvalue weighted by Crippen LogP contribution is -2.36. The third-order valence-corrected chi connectivity index (χ3v) is 4.03. The largest absolute Gasteiger partial charge is 0.308 e. The predicted octanol–water partition coefficient (Wildman–Crippen LogP) is 2.90. The Morgan fingerprint density at radius 2 is 1.89 bits per heavy atom. The molecule has 106 valence electrons. The first-order valence-electron chi connectivity index (χ1n) is 7.35. The molecule has 1 aliphatic heterocycles. The van der Waals surface area contributed by atoms with Crippen LogP contribution in [0.25, 0.3) is 0 Å². The van der Waals surface area contributed by atoms with Crippen molar-refractivity contribution in [2.45, 2.75) is 39.2 Å². The molecule has 0 bridgehead atoms. The molecule has 19 heavy (non-hydrogen) atoms. The number of likely N-dealkylation sites (N-methyl/N-ethyl adjacent to an activating group) is 1. The lowest BCUT2D eigenvalue weighted by atomic mass is 9.84. The van der Waals surface area contributed by atoms with E-state index in [4.69, 9.17) is 0 Å². The van der Waals surface area contributed by atoms with Crippen LogP contribution in [0.5, 0.6) is 0 Å². The average Bonchev–Trinajstić information content (AvgIpc) is 2.34. The molecule has 1 aromatic rings. The average molecular weight is 260 g/mol. The molecular weight excluding hydrogens is 232 g/mol. The Morgan fingerprint density at radius 3 is 2.53 bits per heavy atom. The molecular formula is C17H28N2. The van der Waals surface area contributed by atoms with E-state index in [1.807, 2.05) is 0 Å². The summed E-state index contributed by atoms with van der Waals surface area (Å²) in [6, 6.07) is 7.09. The minimum absolute atomic E-state index is 0.261. The summed E-state index contributed by atoms with van der Waals surface area (Å²) < 4.78 is 0. The molecule has 0 fully saturated rings. The van der Waals surface area contributed by atoms with Crippen molar-refractivity contribution in [2.24, 2.45) is 0 Å². The Hall–Kier alpha value is -0.860. The van der Waals surface area contributed by atoms with Crippen molar-refractivity contribution < 1.29 is 0 Å². The fourth-order valence-electron chi connectivity index (χ4n) is 2.61. The van der Waals surface area contributed by atoms with Gasteiger partial charge in [-0.3, -0.25) is 4.90 Å². The van der Waals surface area contributed by atoms with E-state index in [2.05, 4.69) is 62.9 Å². The van der Waals surface area contributed by atoms with Crippen molar-refractivity contribution in [1.82, 2.24) is 9.80 Å². The fraction of sp³-hybridized carbons (Fsp3) is 0.647. The van der Waals surface area contributed by atoms with Gasteiger partial charge in [-0.25, -0.2) is 0 Å². The maximum atomic E-state index is 2.57. The summed E-state index contributed by atoms with van der Waals surface area (Å²) in [6.07, 6.45) is 1.20. The van der Waals surface area contributed by atoms with Gasteiger partial charge in [0.25, 0.3) is 0 Å². The number of nitrogens with zero attached hydrogens (tertiary/aromatic N) is 2. The molecule has 0 N–H and O–H groups in total. The highest BCUT2D eigenvalue weighted by molar-refractivity contribution is 5.36. The van der Waals surface area contributed by atoms with E-state index >= 15 is 0 Å². The zero-order valence-corrected chi connectivity index (χ0v) is 13.2. The van der Waals surface area contributed by atoms with Crippen LogP contribution in [-0.2, 0) is 18.4 Å². The molecule has 1 heterocycles. The molecule has 2 rings (SSSR count). The molecule has 0 aromatic heterocycles. The SMILES string of the molecule is CN(C)CCN1CCc2cc(C(C)(C)C)ccc2C1. The maximum absolute atomic E-state index is 2.57. The van der Waals surface area contributed by atoms with Gasteiger partial charge in [-0.05, 0) is 42.6 Å². The zero-order valence-electron chi connectivity index (χ0n) is 13.2. The molecule has 0 amide bonds. The first-order chi connectivity index (χ1) is 8.86. The van der Waals surface area contributed by atoms with Gasteiger partial charge >= 0.3 is 0 Å². The summed E-state index contributed by atoms with van der Waals surface area (Å²) in [6.45, 7) is 11.5. The molecule has 0 saturated heterocycles. The number of benzene rings is 1. The summed E-state index contributed by atoms with van der Waals surface area (Å²) >= 11 is 0. The van der Waals surface area contributed by atoms with Crippen molar-refractivity contribution in [2.75, 3.05) is 33.7 Å². The third kappa shape index (κ3) is 3.80. The van der Waals surface area contributed by atoms with Crippen molar-refractivity contribution in [3.63, 3.8) is 0 Å². The quantitative estimate of drug-likeness (QED) is 0.824. The molecule has 0 spiro atoms. The molecule has 0 saturated carbocycles. The second-order valence-electron chi connectivity index (χ2n) is 7.06. The Morgan fingerprint density at radius 1 is 1.16 bits per heavy atom. The van der Waals surface area contributed by atoms with Crippen LogP contribution < -0.4 is 0 Å². The summed E-state index contributed by atoms with van der Waals surface area (Å²) in [5.41, 5.74) is 4.82. The molecule has 1 aliphatic rings. The van der Waals surface area contributed by atoms with E-state index in [1.54, 1.807) is 5.56 Å². The number of fused-ring (bicyclic) bond motifs is 1. The van der Waals surface area contributed by atoms with Gasteiger partial charge in [0, 0.05) is 26.2 Å². The highest BCUT2D eigenvalue weighted by Crippen LogP contribution is 2.27. The van der Waals surface area contributed by atoms with E-state index < -0.39 is 0 Å². The Labute approximate surface area is 118 Å². The standard InChI is InChI=1S/C17H28N2/c1-17(2,3)16-7-6-15-13-19(11-10-18(4)5)9-8-14(15)12-16/h6-7,12H,8-11,13H2,1-5H3. The molecule has 0 radical (unpaired) electrons. The van der Waals surface area contributed by atoms with Crippen molar-refractivity contribution >= 4 is 0 Å². The fourth-order valence-corrected chi connectivity index (χ4v) is 2.61. The second kappa shape index (κ2) is 5.64. The minimum Gasteiger partial charge on any atom is -0.308 e. The Kier molecular flexibility index (Phi) is 4.32. The summed E-state index contributed by atoms with van der Waals surface area (Å²) in [4.78, 5) is 4.83. The van der Waals surface area contributed by atoms with Crippen molar-refractivity contribution in [3.8, 4) is 0 Å². The summed E-state index contributed by atoms with van der Waals surface area (Å²) in [5, 5.41) is 0. The monoisotopic (exact) mass is 260 g/mol. The first kappa shape index (κ1) is 14.5. The van der Waals surface area contributed by atoms with Crippen LogP contribution in [0, 0.1) is 0 Å². The molecule has 0 atom stereocenters. The van der Waals surface area contributed by atoms with Crippen LogP contribution in [-0.4, -0.2) is 43.5 Å². The highest BCUT2D eigenvalue weighted by atomic mass is 15.2. The van der Waals surface area contributed by atoms with Crippen LogP contribution in [0.4, 0.5) is 0 Å². The van der Waals surface area contributed by atoms with Gasteiger partial charge in [0.15, 0.2) is 0 Å². The normalized spacial score (nSPS) is 16.7. The van der Waals surface area contributed by atoms with E-state index in [0.29, 0.717) is 0 Å². The van der Waals surface area contributed by atoms with Crippen LogP contribution in [0.3, 0.4) is 0 Å².